The molecule has 1 aliphatic carbocycles. The van der Waals surface area contributed by atoms with Crippen molar-refractivity contribution in [3.63, 3.8) is 0 Å². The van der Waals surface area contributed by atoms with Gasteiger partial charge in [-0.25, -0.2) is 4.39 Å². The van der Waals surface area contributed by atoms with Crippen molar-refractivity contribution >= 4 is 5.57 Å². The summed E-state index contributed by atoms with van der Waals surface area (Å²) in [6, 6.07) is 8.60. The van der Waals surface area contributed by atoms with Crippen molar-refractivity contribution < 1.29 is 4.39 Å². The van der Waals surface area contributed by atoms with E-state index in [0.717, 1.165) is 11.1 Å². The average Bonchev–Trinajstić information content (AvgIpc) is 2.55. The number of rotatable bonds is 1. The lowest BCUT2D eigenvalue weighted by Crippen LogP contribution is -1.97. The minimum Gasteiger partial charge on any atom is -0.401 e. The molecule has 0 unspecified atom stereocenters. The smallest absolute Gasteiger partial charge is 0.130 e. The predicted molar refractivity (Wildman–Crippen MR) is 60.4 cm³/mol. The third-order valence-electron chi connectivity index (χ3n) is 2.83. The van der Waals surface area contributed by atoms with Gasteiger partial charge in [-0.3, -0.25) is 0 Å². The number of hydrogen-bond donors (Lipinski definition) is 1. The van der Waals surface area contributed by atoms with Crippen LogP contribution in [0.1, 0.15) is 18.9 Å². The van der Waals surface area contributed by atoms with Gasteiger partial charge in [0.15, 0.2) is 0 Å². The monoisotopic (exact) mass is 214 g/mol. The SMILES string of the molecule is CC1=C(c2ccccc2F)CC(N)=C1C#N. The van der Waals surface area contributed by atoms with Crippen molar-refractivity contribution in [3.05, 3.63) is 52.5 Å². The molecule has 16 heavy (non-hydrogen) atoms. The summed E-state index contributed by atoms with van der Waals surface area (Å²) in [6.07, 6.45) is 0.454. The van der Waals surface area contributed by atoms with Gasteiger partial charge >= 0.3 is 0 Å². The lowest BCUT2D eigenvalue weighted by atomic mass is 10.00. The molecule has 0 fully saturated rings. The second kappa shape index (κ2) is 3.82. The van der Waals surface area contributed by atoms with Crippen molar-refractivity contribution in [3.8, 4) is 6.07 Å². The number of allylic oxidation sites excluding steroid dienone is 3. The van der Waals surface area contributed by atoms with Crippen LogP contribution in [-0.4, -0.2) is 0 Å². The zero-order valence-electron chi connectivity index (χ0n) is 8.92. The van der Waals surface area contributed by atoms with E-state index in [4.69, 9.17) is 11.0 Å². The molecule has 0 saturated carbocycles. The van der Waals surface area contributed by atoms with Crippen molar-refractivity contribution in [1.29, 1.82) is 5.26 Å². The predicted octanol–water partition coefficient (Wildman–Crippen LogP) is 2.74. The zero-order chi connectivity index (χ0) is 11.7. The standard InChI is InChI=1S/C13H11FN2/c1-8-10(6-13(16)11(8)7-15)9-4-2-3-5-12(9)14/h2-5H,6,16H2,1H3. The molecule has 2 N–H and O–H groups in total. The van der Waals surface area contributed by atoms with Crippen LogP contribution in [-0.2, 0) is 0 Å². The highest BCUT2D eigenvalue weighted by Crippen LogP contribution is 2.36. The van der Waals surface area contributed by atoms with Crippen molar-refractivity contribution in [2.75, 3.05) is 0 Å². The highest BCUT2D eigenvalue weighted by Gasteiger charge is 2.22. The second-order valence-corrected chi connectivity index (χ2v) is 3.77. The fraction of sp³-hybridized carbons (Fsp3) is 0.154. The molecule has 2 rings (SSSR count). The maximum absolute atomic E-state index is 13.6. The average molecular weight is 214 g/mol. The lowest BCUT2D eigenvalue weighted by molar-refractivity contribution is 0.623. The van der Waals surface area contributed by atoms with Crippen molar-refractivity contribution in [2.24, 2.45) is 5.73 Å². The van der Waals surface area contributed by atoms with Crippen LogP contribution in [0.25, 0.3) is 5.57 Å². The van der Waals surface area contributed by atoms with Gasteiger partial charge in [0.1, 0.15) is 11.9 Å². The first-order valence-corrected chi connectivity index (χ1v) is 4.99. The fourth-order valence-corrected chi connectivity index (χ4v) is 1.96. The second-order valence-electron chi connectivity index (χ2n) is 3.77. The van der Waals surface area contributed by atoms with Gasteiger partial charge in [0.2, 0.25) is 0 Å². The first-order chi connectivity index (χ1) is 7.65. The highest BCUT2D eigenvalue weighted by molar-refractivity contribution is 5.80. The Morgan fingerprint density at radius 1 is 1.38 bits per heavy atom. The molecule has 0 heterocycles. The van der Waals surface area contributed by atoms with E-state index in [2.05, 4.69) is 6.07 Å². The van der Waals surface area contributed by atoms with Crippen LogP contribution in [0.2, 0.25) is 0 Å². The Morgan fingerprint density at radius 3 is 2.62 bits per heavy atom. The van der Waals surface area contributed by atoms with E-state index in [1.165, 1.54) is 6.07 Å². The van der Waals surface area contributed by atoms with E-state index < -0.39 is 0 Å². The first-order valence-electron chi connectivity index (χ1n) is 4.99. The Hall–Kier alpha value is -2.08. The lowest BCUT2D eigenvalue weighted by Gasteiger charge is -2.05. The molecule has 0 spiro atoms. The number of nitrogens with zero attached hydrogens (tertiary/aromatic N) is 1. The maximum atomic E-state index is 13.6. The third kappa shape index (κ3) is 1.49. The Balaban J connectivity index is 2.52. The van der Waals surface area contributed by atoms with E-state index in [-0.39, 0.29) is 5.82 Å². The van der Waals surface area contributed by atoms with Crippen LogP contribution in [0.4, 0.5) is 4.39 Å². The summed E-state index contributed by atoms with van der Waals surface area (Å²) in [5.74, 6) is -0.274. The van der Waals surface area contributed by atoms with Crippen molar-refractivity contribution in [2.45, 2.75) is 13.3 Å². The number of hydrogen-bond acceptors (Lipinski definition) is 2. The molecule has 1 aliphatic rings. The van der Waals surface area contributed by atoms with Gasteiger partial charge < -0.3 is 5.73 Å². The largest absolute Gasteiger partial charge is 0.401 e. The van der Waals surface area contributed by atoms with Crippen LogP contribution in [0.15, 0.2) is 41.1 Å². The molecular weight excluding hydrogens is 203 g/mol. The highest BCUT2D eigenvalue weighted by atomic mass is 19.1. The van der Waals surface area contributed by atoms with E-state index in [1.54, 1.807) is 25.1 Å². The van der Waals surface area contributed by atoms with E-state index in [1.807, 2.05) is 0 Å². The van der Waals surface area contributed by atoms with Gasteiger partial charge in [-0.05, 0) is 24.1 Å². The summed E-state index contributed by atoms with van der Waals surface area (Å²) in [7, 11) is 0. The summed E-state index contributed by atoms with van der Waals surface area (Å²) in [6.45, 7) is 1.81. The summed E-state index contributed by atoms with van der Waals surface area (Å²) in [4.78, 5) is 0. The van der Waals surface area contributed by atoms with Gasteiger partial charge in [-0.1, -0.05) is 18.2 Å². The Labute approximate surface area is 93.5 Å². The van der Waals surface area contributed by atoms with Gasteiger partial charge in [0, 0.05) is 17.7 Å². The minimum atomic E-state index is -0.274. The summed E-state index contributed by atoms with van der Waals surface area (Å²) in [5, 5.41) is 8.93. The van der Waals surface area contributed by atoms with Crippen LogP contribution in [0.3, 0.4) is 0 Å². The molecule has 80 valence electrons. The van der Waals surface area contributed by atoms with Crippen LogP contribution >= 0.6 is 0 Å². The van der Waals surface area contributed by atoms with E-state index in [0.29, 0.717) is 23.3 Å². The molecule has 0 bridgehead atoms. The van der Waals surface area contributed by atoms with Gasteiger partial charge in [-0.15, -0.1) is 0 Å². The van der Waals surface area contributed by atoms with E-state index in [9.17, 15) is 4.39 Å². The van der Waals surface area contributed by atoms with Gasteiger partial charge in [0.25, 0.3) is 0 Å². The van der Waals surface area contributed by atoms with Crippen molar-refractivity contribution in [1.82, 2.24) is 0 Å². The van der Waals surface area contributed by atoms with Gasteiger partial charge in [0.05, 0.1) is 5.57 Å². The molecule has 2 nitrogen and oxygen atoms in total. The zero-order valence-corrected chi connectivity index (χ0v) is 8.92. The maximum Gasteiger partial charge on any atom is 0.130 e. The molecule has 0 amide bonds. The minimum absolute atomic E-state index is 0.274. The number of halogens is 1. The molecule has 1 aromatic carbocycles. The normalized spacial score (nSPS) is 15.6. The molecule has 0 aliphatic heterocycles. The Kier molecular flexibility index (Phi) is 2.49. The van der Waals surface area contributed by atoms with Crippen LogP contribution in [0, 0.1) is 17.1 Å². The van der Waals surface area contributed by atoms with Crippen LogP contribution in [0.5, 0.6) is 0 Å². The molecule has 3 heteroatoms. The molecule has 0 atom stereocenters. The number of nitriles is 1. The summed E-state index contributed by atoms with van der Waals surface area (Å²) < 4.78 is 13.6. The molecule has 0 radical (unpaired) electrons. The Morgan fingerprint density at radius 2 is 2.06 bits per heavy atom. The first kappa shape index (κ1) is 10.4. The summed E-state index contributed by atoms with van der Waals surface area (Å²) >= 11 is 0. The molecule has 1 aromatic rings. The summed E-state index contributed by atoms with van der Waals surface area (Å²) in [5.41, 5.74) is 8.89. The third-order valence-corrected chi connectivity index (χ3v) is 2.83. The molecule has 0 saturated heterocycles. The topological polar surface area (TPSA) is 49.8 Å². The van der Waals surface area contributed by atoms with Crippen LogP contribution < -0.4 is 5.73 Å². The quantitative estimate of drug-likeness (QED) is 0.781. The Bertz CT molecular complexity index is 547. The number of benzene rings is 1. The number of nitrogens with two attached hydrogens (primary N) is 1. The fourth-order valence-electron chi connectivity index (χ4n) is 1.96. The molecule has 0 aromatic heterocycles. The van der Waals surface area contributed by atoms with E-state index >= 15 is 0 Å². The van der Waals surface area contributed by atoms with Gasteiger partial charge in [-0.2, -0.15) is 5.26 Å². The molecular formula is C13H11FN2.